The molecule has 0 unspecified atom stereocenters. The molecule has 0 saturated carbocycles. The second kappa shape index (κ2) is 10.4. The minimum Gasteiger partial charge on any atom is -0.385 e. The first-order chi connectivity index (χ1) is 15.3. The Morgan fingerprint density at radius 3 is 2.78 bits per heavy atom. The number of morpholine rings is 1. The van der Waals surface area contributed by atoms with E-state index in [1.807, 2.05) is 37.8 Å². The van der Waals surface area contributed by atoms with Crippen LogP contribution in [0.2, 0.25) is 0 Å². The lowest BCUT2D eigenvalue weighted by Gasteiger charge is -2.36. The highest BCUT2D eigenvalue weighted by molar-refractivity contribution is 6.02. The van der Waals surface area contributed by atoms with Crippen LogP contribution >= 0.6 is 0 Å². The van der Waals surface area contributed by atoms with Crippen LogP contribution in [-0.4, -0.2) is 60.9 Å². The van der Waals surface area contributed by atoms with Crippen molar-refractivity contribution < 1.29 is 14.3 Å². The number of nitrogens with zero attached hydrogens (tertiary/aromatic N) is 4. The van der Waals surface area contributed by atoms with Crippen molar-refractivity contribution in [1.29, 1.82) is 5.26 Å². The molecule has 32 heavy (non-hydrogen) atoms. The van der Waals surface area contributed by atoms with E-state index in [2.05, 4.69) is 5.32 Å². The van der Waals surface area contributed by atoms with Gasteiger partial charge in [-0.15, -0.1) is 0 Å². The van der Waals surface area contributed by atoms with Crippen LogP contribution in [0.25, 0.3) is 11.7 Å². The van der Waals surface area contributed by atoms with Crippen molar-refractivity contribution in [2.45, 2.75) is 39.4 Å². The van der Waals surface area contributed by atoms with Crippen LogP contribution in [0, 0.1) is 18.3 Å². The van der Waals surface area contributed by atoms with Gasteiger partial charge in [0.05, 0.1) is 17.8 Å². The highest BCUT2D eigenvalue weighted by Gasteiger charge is 2.27. The van der Waals surface area contributed by atoms with Gasteiger partial charge in [-0.1, -0.05) is 6.07 Å². The van der Waals surface area contributed by atoms with Gasteiger partial charge in [0.25, 0.3) is 11.5 Å². The third kappa shape index (κ3) is 5.15. The molecule has 1 aliphatic rings. The van der Waals surface area contributed by atoms with Gasteiger partial charge in [-0.3, -0.25) is 14.0 Å². The Morgan fingerprint density at radius 1 is 1.41 bits per heavy atom. The summed E-state index contributed by atoms with van der Waals surface area (Å²) in [5.74, 6) is -0.0850. The molecule has 0 radical (unpaired) electrons. The number of ether oxygens (including phenoxy) is 2. The van der Waals surface area contributed by atoms with E-state index in [1.165, 1.54) is 10.5 Å². The number of methoxy groups -OCH3 is 1. The zero-order valence-electron chi connectivity index (χ0n) is 18.9. The van der Waals surface area contributed by atoms with Gasteiger partial charge < -0.3 is 19.7 Å². The highest BCUT2D eigenvalue weighted by atomic mass is 16.5. The van der Waals surface area contributed by atoms with Crippen LogP contribution in [0.3, 0.4) is 0 Å². The molecule has 170 valence electrons. The molecule has 1 saturated heterocycles. The fraction of sp³-hybridized carbons (Fsp3) is 0.478. The van der Waals surface area contributed by atoms with Crippen LogP contribution < -0.4 is 15.8 Å². The fourth-order valence-electron chi connectivity index (χ4n) is 3.83. The van der Waals surface area contributed by atoms with Crippen molar-refractivity contribution in [3.05, 3.63) is 45.4 Å². The fourth-order valence-corrected chi connectivity index (χ4v) is 3.83. The number of fused-ring (bicyclic) bond motifs is 1. The molecule has 1 N–H and O–H groups in total. The predicted octanol–water partition coefficient (Wildman–Crippen LogP) is 1.68. The Hall–Kier alpha value is -3.22. The molecule has 0 aliphatic carbocycles. The van der Waals surface area contributed by atoms with Crippen LogP contribution in [-0.2, 0) is 14.3 Å². The molecule has 2 aromatic heterocycles. The first-order valence-corrected chi connectivity index (χ1v) is 10.7. The number of hydrogen-bond acceptors (Lipinski definition) is 7. The zero-order valence-corrected chi connectivity index (χ0v) is 18.9. The quantitative estimate of drug-likeness (QED) is 0.397. The monoisotopic (exact) mass is 439 g/mol. The maximum absolute atomic E-state index is 13.4. The number of nitriles is 1. The van der Waals surface area contributed by atoms with Gasteiger partial charge in [0, 0.05) is 39.5 Å². The number of carbonyl (C=O) groups is 1. The van der Waals surface area contributed by atoms with E-state index in [1.54, 1.807) is 19.4 Å². The molecule has 2 aromatic rings. The molecular formula is C23H29N5O4. The summed E-state index contributed by atoms with van der Waals surface area (Å²) in [7, 11) is 1.58. The number of nitrogens with one attached hydrogen (secondary N) is 1. The molecule has 9 nitrogen and oxygen atoms in total. The van der Waals surface area contributed by atoms with E-state index in [9.17, 15) is 14.9 Å². The van der Waals surface area contributed by atoms with E-state index < -0.39 is 5.91 Å². The minimum atomic E-state index is -0.535. The van der Waals surface area contributed by atoms with Crippen LogP contribution in [0.15, 0.2) is 28.7 Å². The Morgan fingerprint density at radius 2 is 2.12 bits per heavy atom. The second-order valence-electron chi connectivity index (χ2n) is 7.97. The van der Waals surface area contributed by atoms with E-state index in [0.29, 0.717) is 44.1 Å². The van der Waals surface area contributed by atoms with Crippen molar-refractivity contribution in [3.8, 4) is 6.07 Å². The average Bonchev–Trinajstić information content (AvgIpc) is 2.75. The topological polar surface area (TPSA) is 109 Å². The van der Waals surface area contributed by atoms with E-state index in [4.69, 9.17) is 14.5 Å². The largest absolute Gasteiger partial charge is 0.385 e. The molecule has 3 heterocycles. The first-order valence-electron chi connectivity index (χ1n) is 10.7. The van der Waals surface area contributed by atoms with Gasteiger partial charge in [-0.25, -0.2) is 4.98 Å². The number of hydrogen-bond donors (Lipinski definition) is 1. The van der Waals surface area contributed by atoms with Gasteiger partial charge in [0.15, 0.2) is 0 Å². The van der Waals surface area contributed by atoms with Crippen molar-refractivity contribution in [2.75, 3.05) is 38.3 Å². The zero-order chi connectivity index (χ0) is 23.3. The molecule has 9 heteroatoms. The molecule has 2 atom stereocenters. The van der Waals surface area contributed by atoms with Gasteiger partial charge in [0.2, 0.25) is 0 Å². The van der Waals surface area contributed by atoms with E-state index >= 15 is 0 Å². The number of aromatic nitrogens is 2. The molecule has 1 amide bonds. The Labute approximate surface area is 187 Å². The maximum Gasteiger partial charge on any atom is 0.267 e. The third-order valence-electron chi connectivity index (χ3n) is 5.25. The second-order valence-corrected chi connectivity index (χ2v) is 7.97. The average molecular weight is 440 g/mol. The standard InChI is InChI=1S/C23H29N5O4/c1-15-7-5-9-28-20(15)26-21(27-13-16(2)32-17(3)14-27)19(23(28)30)11-18(12-24)22(29)25-8-6-10-31-4/h5,7,9,11,16-17H,6,8,10,13-14H2,1-4H3,(H,25,29)/b18-11+/t16-,17-/m0/s1. The van der Waals surface area contributed by atoms with Crippen molar-refractivity contribution in [2.24, 2.45) is 0 Å². The molecule has 1 aliphatic heterocycles. The summed E-state index contributed by atoms with van der Waals surface area (Å²) in [6.45, 7) is 7.77. The Bertz CT molecular complexity index is 1110. The summed E-state index contributed by atoms with van der Waals surface area (Å²) in [5, 5.41) is 12.3. The molecule has 1 fully saturated rings. The number of rotatable bonds is 7. The summed E-state index contributed by atoms with van der Waals surface area (Å²) in [6, 6.07) is 5.58. The lowest BCUT2D eigenvalue weighted by atomic mass is 10.1. The van der Waals surface area contributed by atoms with Gasteiger partial charge in [0.1, 0.15) is 23.1 Å². The van der Waals surface area contributed by atoms with Gasteiger partial charge >= 0.3 is 0 Å². The summed E-state index contributed by atoms with van der Waals surface area (Å²) in [5.41, 5.74) is 1.12. The Balaban J connectivity index is 2.10. The highest BCUT2D eigenvalue weighted by Crippen LogP contribution is 2.24. The smallest absolute Gasteiger partial charge is 0.267 e. The van der Waals surface area contributed by atoms with E-state index in [-0.39, 0.29) is 28.9 Å². The number of pyridine rings is 1. The number of amides is 1. The number of anilines is 1. The van der Waals surface area contributed by atoms with Crippen LogP contribution in [0.1, 0.15) is 31.4 Å². The lowest BCUT2D eigenvalue weighted by Crippen LogP contribution is -2.46. The molecule has 0 spiro atoms. The van der Waals surface area contributed by atoms with Crippen LogP contribution in [0.4, 0.5) is 5.82 Å². The summed E-state index contributed by atoms with van der Waals surface area (Å²) in [4.78, 5) is 32.8. The molecular weight excluding hydrogens is 410 g/mol. The van der Waals surface area contributed by atoms with Crippen molar-refractivity contribution >= 4 is 23.4 Å². The predicted molar refractivity (Wildman–Crippen MR) is 122 cm³/mol. The summed E-state index contributed by atoms with van der Waals surface area (Å²) >= 11 is 0. The number of carbonyl (C=O) groups excluding carboxylic acids is 1. The molecule has 3 rings (SSSR count). The van der Waals surface area contributed by atoms with Crippen molar-refractivity contribution in [3.63, 3.8) is 0 Å². The maximum atomic E-state index is 13.4. The molecule has 0 aromatic carbocycles. The number of aryl methyl sites for hydroxylation is 1. The van der Waals surface area contributed by atoms with E-state index in [0.717, 1.165) is 5.56 Å². The normalized spacial score (nSPS) is 19.1. The minimum absolute atomic E-state index is 0.0489. The summed E-state index contributed by atoms with van der Waals surface area (Å²) in [6.07, 6.45) is 3.50. The third-order valence-corrected chi connectivity index (χ3v) is 5.25. The Kier molecular flexibility index (Phi) is 7.62. The van der Waals surface area contributed by atoms with Crippen molar-refractivity contribution in [1.82, 2.24) is 14.7 Å². The van der Waals surface area contributed by atoms with Crippen LogP contribution in [0.5, 0.6) is 0 Å². The van der Waals surface area contributed by atoms with Gasteiger partial charge in [-0.05, 0) is 44.9 Å². The SMILES string of the molecule is COCCCNC(=O)/C(C#N)=C/c1c(N2C[C@H](C)O[C@@H](C)C2)nc2c(C)cccn2c1=O. The molecule has 0 bridgehead atoms. The van der Waals surface area contributed by atoms with Gasteiger partial charge in [-0.2, -0.15) is 5.26 Å². The first kappa shape index (κ1) is 23.4. The summed E-state index contributed by atoms with van der Waals surface area (Å²) < 4.78 is 12.3. The lowest BCUT2D eigenvalue weighted by molar-refractivity contribution is -0.117.